The van der Waals surface area contributed by atoms with Gasteiger partial charge in [-0.15, -0.1) is 0 Å². The van der Waals surface area contributed by atoms with Crippen LogP contribution in [0.15, 0.2) is 22.7 Å². The standard InChI is InChI=1S/C16H17BrFNO2/c17-12-7-10(5-6-13(12)18)11-8-14(20)19-16(21)15(11)9-3-1-2-4-9/h5-7,9,11,15H,1-4,8H2,(H,19,20,21). The van der Waals surface area contributed by atoms with Gasteiger partial charge in [0.1, 0.15) is 5.82 Å². The van der Waals surface area contributed by atoms with Crippen LogP contribution in [0, 0.1) is 17.7 Å². The Hall–Kier alpha value is -1.23. The number of nitrogens with one attached hydrogen (secondary N) is 1. The van der Waals surface area contributed by atoms with E-state index in [2.05, 4.69) is 21.2 Å². The van der Waals surface area contributed by atoms with Gasteiger partial charge in [-0.3, -0.25) is 14.9 Å². The summed E-state index contributed by atoms with van der Waals surface area (Å²) in [4.78, 5) is 24.1. The lowest BCUT2D eigenvalue weighted by Crippen LogP contribution is -2.47. The Labute approximate surface area is 131 Å². The number of rotatable bonds is 2. The molecule has 1 aromatic carbocycles. The van der Waals surface area contributed by atoms with Gasteiger partial charge in [0.2, 0.25) is 11.8 Å². The molecule has 112 valence electrons. The highest BCUT2D eigenvalue weighted by Gasteiger charge is 2.42. The maximum atomic E-state index is 13.4. The summed E-state index contributed by atoms with van der Waals surface area (Å²) in [6, 6.07) is 4.79. The van der Waals surface area contributed by atoms with E-state index in [9.17, 15) is 14.0 Å². The summed E-state index contributed by atoms with van der Waals surface area (Å²) in [5.41, 5.74) is 0.864. The second-order valence-corrected chi connectivity index (χ2v) is 6.82. The van der Waals surface area contributed by atoms with E-state index in [0.29, 0.717) is 16.8 Å². The zero-order valence-corrected chi connectivity index (χ0v) is 13.2. The molecule has 1 aliphatic carbocycles. The third-order valence-corrected chi connectivity index (χ3v) is 5.29. The molecular weight excluding hydrogens is 337 g/mol. The number of hydrogen-bond donors (Lipinski definition) is 1. The van der Waals surface area contributed by atoms with Crippen molar-refractivity contribution in [2.75, 3.05) is 0 Å². The minimum atomic E-state index is -0.331. The van der Waals surface area contributed by atoms with Crippen LogP contribution in [0.4, 0.5) is 4.39 Å². The molecule has 2 atom stereocenters. The Morgan fingerprint density at radius 1 is 1.19 bits per heavy atom. The average molecular weight is 354 g/mol. The fraction of sp³-hybridized carbons (Fsp3) is 0.500. The molecule has 3 rings (SSSR count). The van der Waals surface area contributed by atoms with Gasteiger partial charge in [-0.1, -0.05) is 18.9 Å². The Kier molecular flexibility index (Phi) is 4.11. The van der Waals surface area contributed by atoms with Crippen molar-refractivity contribution in [1.29, 1.82) is 0 Å². The van der Waals surface area contributed by atoms with Gasteiger partial charge in [-0.2, -0.15) is 0 Å². The van der Waals surface area contributed by atoms with E-state index in [1.54, 1.807) is 12.1 Å². The number of halogens is 2. The number of piperidine rings is 1. The van der Waals surface area contributed by atoms with Crippen molar-refractivity contribution in [2.45, 2.75) is 38.0 Å². The lowest BCUT2D eigenvalue weighted by Gasteiger charge is -2.34. The SMILES string of the molecule is O=C1CC(c2ccc(F)c(Br)c2)C(C2CCCC2)C(=O)N1. The van der Waals surface area contributed by atoms with Crippen molar-refractivity contribution in [3.05, 3.63) is 34.1 Å². The third kappa shape index (κ3) is 2.89. The number of carbonyl (C=O) groups excluding carboxylic acids is 2. The Morgan fingerprint density at radius 3 is 2.57 bits per heavy atom. The van der Waals surface area contributed by atoms with Gasteiger partial charge in [0.25, 0.3) is 0 Å². The van der Waals surface area contributed by atoms with Crippen LogP contribution in [-0.4, -0.2) is 11.8 Å². The molecule has 1 N–H and O–H groups in total. The molecule has 3 nitrogen and oxygen atoms in total. The fourth-order valence-corrected chi connectivity index (χ4v) is 4.11. The van der Waals surface area contributed by atoms with Gasteiger partial charge < -0.3 is 0 Å². The van der Waals surface area contributed by atoms with E-state index in [4.69, 9.17) is 0 Å². The van der Waals surface area contributed by atoms with Crippen LogP contribution in [0.25, 0.3) is 0 Å². The van der Waals surface area contributed by atoms with Crippen molar-refractivity contribution in [3.63, 3.8) is 0 Å². The smallest absolute Gasteiger partial charge is 0.230 e. The van der Waals surface area contributed by atoms with Crippen LogP contribution < -0.4 is 5.32 Å². The third-order valence-electron chi connectivity index (χ3n) is 4.68. The zero-order valence-electron chi connectivity index (χ0n) is 11.6. The second kappa shape index (κ2) is 5.87. The van der Waals surface area contributed by atoms with Crippen molar-refractivity contribution >= 4 is 27.7 Å². The van der Waals surface area contributed by atoms with Gasteiger partial charge in [-0.05, 0) is 52.4 Å². The molecule has 0 bridgehead atoms. The highest BCUT2D eigenvalue weighted by Crippen LogP contribution is 2.43. The topological polar surface area (TPSA) is 46.2 Å². The molecule has 1 aromatic rings. The molecule has 1 aliphatic heterocycles. The number of imide groups is 1. The molecule has 1 saturated carbocycles. The van der Waals surface area contributed by atoms with Gasteiger partial charge in [-0.25, -0.2) is 4.39 Å². The van der Waals surface area contributed by atoms with E-state index >= 15 is 0 Å². The molecular formula is C16H17BrFNO2. The van der Waals surface area contributed by atoms with Gasteiger partial charge in [0, 0.05) is 18.3 Å². The Bertz CT molecular complexity index is 584. The molecule has 0 radical (unpaired) electrons. The number of amides is 2. The molecule has 1 heterocycles. The summed E-state index contributed by atoms with van der Waals surface area (Å²) in [5, 5.41) is 2.47. The van der Waals surface area contributed by atoms with Crippen LogP contribution in [0.5, 0.6) is 0 Å². The maximum Gasteiger partial charge on any atom is 0.230 e. The van der Waals surface area contributed by atoms with E-state index in [1.165, 1.54) is 6.07 Å². The summed E-state index contributed by atoms with van der Waals surface area (Å²) < 4.78 is 13.8. The lowest BCUT2D eigenvalue weighted by atomic mass is 9.73. The highest BCUT2D eigenvalue weighted by atomic mass is 79.9. The van der Waals surface area contributed by atoms with Crippen molar-refractivity contribution < 1.29 is 14.0 Å². The number of carbonyl (C=O) groups is 2. The predicted molar refractivity (Wildman–Crippen MR) is 80.1 cm³/mol. The van der Waals surface area contributed by atoms with E-state index in [-0.39, 0.29) is 29.5 Å². The van der Waals surface area contributed by atoms with Crippen LogP contribution in [0.1, 0.15) is 43.6 Å². The first-order chi connectivity index (χ1) is 10.1. The van der Waals surface area contributed by atoms with E-state index in [0.717, 1.165) is 31.2 Å². The molecule has 2 unspecified atom stereocenters. The second-order valence-electron chi connectivity index (χ2n) is 5.97. The Balaban J connectivity index is 1.95. The molecule has 5 heteroatoms. The lowest BCUT2D eigenvalue weighted by molar-refractivity contribution is -0.138. The average Bonchev–Trinajstić information content (AvgIpc) is 2.94. The molecule has 0 spiro atoms. The van der Waals surface area contributed by atoms with Crippen LogP contribution in [-0.2, 0) is 9.59 Å². The maximum absolute atomic E-state index is 13.4. The first kappa shape index (κ1) is 14.7. The summed E-state index contributed by atoms with van der Waals surface area (Å²) in [7, 11) is 0. The van der Waals surface area contributed by atoms with Crippen LogP contribution in [0.2, 0.25) is 0 Å². The Morgan fingerprint density at radius 2 is 1.90 bits per heavy atom. The molecule has 2 aliphatic rings. The van der Waals surface area contributed by atoms with E-state index in [1.807, 2.05) is 0 Å². The summed E-state index contributed by atoms with van der Waals surface area (Å²) >= 11 is 3.19. The monoisotopic (exact) mass is 353 g/mol. The molecule has 0 aromatic heterocycles. The van der Waals surface area contributed by atoms with Gasteiger partial charge >= 0.3 is 0 Å². The van der Waals surface area contributed by atoms with Crippen LogP contribution >= 0.6 is 15.9 Å². The minimum Gasteiger partial charge on any atom is -0.296 e. The van der Waals surface area contributed by atoms with Crippen molar-refractivity contribution in [3.8, 4) is 0 Å². The normalized spacial score (nSPS) is 27.0. The van der Waals surface area contributed by atoms with E-state index < -0.39 is 0 Å². The molecule has 2 fully saturated rings. The fourth-order valence-electron chi connectivity index (χ4n) is 3.71. The summed E-state index contributed by atoms with van der Waals surface area (Å²) in [5.74, 6) is -0.730. The number of hydrogen-bond acceptors (Lipinski definition) is 2. The molecule has 1 saturated heterocycles. The first-order valence-electron chi connectivity index (χ1n) is 7.35. The summed E-state index contributed by atoms with van der Waals surface area (Å²) in [6.07, 6.45) is 4.64. The summed E-state index contributed by atoms with van der Waals surface area (Å²) in [6.45, 7) is 0. The van der Waals surface area contributed by atoms with Gasteiger partial charge in [0.15, 0.2) is 0 Å². The van der Waals surface area contributed by atoms with Gasteiger partial charge in [0.05, 0.1) is 4.47 Å². The molecule has 21 heavy (non-hydrogen) atoms. The van der Waals surface area contributed by atoms with Crippen molar-refractivity contribution in [1.82, 2.24) is 5.32 Å². The molecule has 2 amide bonds. The largest absolute Gasteiger partial charge is 0.296 e. The number of benzene rings is 1. The first-order valence-corrected chi connectivity index (χ1v) is 8.14. The quantitative estimate of drug-likeness (QED) is 0.826. The predicted octanol–water partition coefficient (Wildman–Crippen LogP) is 3.52. The van der Waals surface area contributed by atoms with Crippen LogP contribution in [0.3, 0.4) is 0 Å². The minimum absolute atomic E-state index is 0.147. The van der Waals surface area contributed by atoms with Crippen molar-refractivity contribution in [2.24, 2.45) is 11.8 Å². The zero-order chi connectivity index (χ0) is 15.0. The highest BCUT2D eigenvalue weighted by molar-refractivity contribution is 9.10.